The first kappa shape index (κ1) is 23.6. The molecule has 0 fully saturated rings. The molecule has 2 aromatic heterocycles. The predicted octanol–water partition coefficient (Wildman–Crippen LogP) is 2.26. The zero-order valence-corrected chi connectivity index (χ0v) is 19.7. The zero-order chi connectivity index (χ0) is 25.8. The number of nitrogens with one attached hydrogen (secondary N) is 4. The van der Waals surface area contributed by atoms with Crippen LogP contribution in [0.1, 0.15) is 34.5 Å². The molecule has 186 valence electrons. The van der Waals surface area contributed by atoms with Gasteiger partial charge in [-0.25, -0.2) is 9.97 Å². The van der Waals surface area contributed by atoms with Crippen LogP contribution in [0, 0.1) is 0 Å². The highest BCUT2D eigenvalue weighted by Gasteiger charge is 2.18. The van der Waals surface area contributed by atoms with E-state index < -0.39 is 11.8 Å². The number of amides is 3. The summed E-state index contributed by atoms with van der Waals surface area (Å²) < 4.78 is 5.34. The van der Waals surface area contributed by atoms with Crippen molar-refractivity contribution in [1.29, 1.82) is 0 Å². The smallest absolute Gasteiger partial charge is 0.270 e. The summed E-state index contributed by atoms with van der Waals surface area (Å²) in [5, 5.41) is 16.0. The number of carbonyl (C=O) groups is 3. The summed E-state index contributed by atoms with van der Waals surface area (Å²) in [4.78, 5) is 48.0. The van der Waals surface area contributed by atoms with Crippen LogP contribution in [-0.4, -0.2) is 49.5 Å². The molecule has 4 aromatic rings. The van der Waals surface area contributed by atoms with E-state index in [2.05, 4.69) is 41.1 Å². The van der Waals surface area contributed by atoms with E-state index in [4.69, 9.17) is 4.74 Å². The topological polar surface area (TPSA) is 164 Å². The van der Waals surface area contributed by atoms with Gasteiger partial charge in [-0.2, -0.15) is 0 Å². The van der Waals surface area contributed by atoms with Crippen molar-refractivity contribution in [2.45, 2.75) is 19.4 Å². The molecule has 0 unspecified atom stereocenters. The van der Waals surface area contributed by atoms with Crippen LogP contribution in [-0.2, 0) is 16.1 Å². The van der Waals surface area contributed by atoms with Gasteiger partial charge in [-0.3, -0.25) is 14.4 Å². The number of fused-ring (bicyclic) bond motifs is 1. The number of nitrogens with zero attached hydrogens (tertiary/aromatic N) is 4. The SMILES string of the molecule is C[C@H](C(=O)Nc1cc(C(=O)NCc2ccc3c(c2)NC(=O)CO3)ncn1)c1ccc(-c2nnc[nH]2)cc1. The lowest BCUT2D eigenvalue weighted by Crippen LogP contribution is -2.26. The largest absolute Gasteiger partial charge is 0.482 e. The van der Waals surface area contributed by atoms with Crippen LogP contribution < -0.4 is 20.7 Å². The third-order valence-electron chi connectivity index (χ3n) is 5.78. The number of anilines is 2. The Hall–Kier alpha value is -5.13. The van der Waals surface area contributed by atoms with Crippen LogP contribution >= 0.6 is 0 Å². The molecule has 2 aromatic carbocycles. The molecule has 12 nitrogen and oxygen atoms in total. The number of hydrogen-bond acceptors (Lipinski definition) is 8. The molecule has 0 spiro atoms. The molecular formula is C25H22N8O4. The second-order valence-electron chi connectivity index (χ2n) is 8.31. The minimum Gasteiger partial charge on any atom is -0.482 e. The molecule has 3 heterocycles. The Morgan fingerprint density at radius 1 is 1.11 bits per heavy atom. The monoisotopic (exact) mass is 498 g/mol. The molecule has 4 N–H and O–H groups in total. The highest BCUT2D eigenvalue weighted by atomic mass is 16.5. The van der Waals surface area contributed by atoms with E-state index in [1.54, 1.807) is 25.1 Å². The second kappa shape index (κ2) is 10.2. The lowest BCUT2D eigenvalue weighted by atomic mass is 9.99. The Labute approximate surface area is 210 Å². The number of rotatable bonds is 7. The van der Waals surface area contributed by atoms with E-state index in [1.807, 2.05) is 24.3 Å². The molecule has 1 aliphatic heterocycles. The maximum absolute atomic E-state index is 12.8. The average molecular weight is 499 g/mol. The molecule has 0 aliphatic carbocycles. The van der Waals surface area contributed by atoms with Crippen LogP contribution in [0.25, 0.3) is 11.4 Å². The maximum atomic E-state index is 12.8. The Kier molecular flexibility index (Phi) is 6.53. The van der Waals surface area contributed by atoms with Crippen LogP contribution in [0.3, 0.4) is 0 Å². The summed E-state index contributed by atoms with van der Waals surface area (Å²) in [6.07, 6.45) is 2.72. The molecule has 0 bridgehead atoms. The Morgan fingerprint density at radius 2 is 1.95 bits per heavy atom. The molecule has 12 heteroatoms. The van der Waals surface area contributed by atoms with E-state index >= 15 is 0 Å². The summed E-state index contributed by atoms with van der Waals surface area (Å²) in [7, 11) is 0. The van der Waals surface area contributed by atoms with E-state index in [1.165, 1.54) is 18.7 Å². The Morgan fingerprint density at radius 3 is 2.73 bits per heavy atom. The van der Waals surface area contributed by atoms with Crippen molar-refractivity contribution in [2.24, 2.45) is 0 Å². The normalized spacial score (nSPS) is 13.1. The minimum absolute atomic E-state index is 0.0234. The summed E-state index contributed by atoms with van der Waals surface area (Å²) in [6, 6.07) is 14.1. The summed E-state index contributed by atoms with van der Waals surface area (Å²) >= 11 is 0. The van der Waals surface area contributed by atoms with Crippen LogP contribution in [0.5, 0.6) is 5.75 Å². The third kappa shape index (κ3) is 5.42. The lowest BCUT2D eigenvalue weighted by molar-refractivity contribution is -0.119. The quantitative estimate of drug-likeness (QED) is 0.301. The summed E-state index contributed by atoms with van der Waals surface area (Å²) in [6.45, 7) is 1.96. The highest BCUT2D eigenvalue weighted by Crippen LogP contribution is 2.28. The van der Waals surface area contributed by atoms with Crippen molar-refractivity contribution < 1.29 is 19.1 Å². The molecule has 0 radical (unpaired) electrons. The van der Waals surface area contributed by atoms with Gasteiger partial charge < -0.3 is 25.7 Å². The van der Waals surface area contributed by atoms with Gasteiger partial charge in [-0.15, -0.1) is 10.2 Å². The van der Waals surface area contributed by atoms with Crippen LogP contribution in [0.2, 0.25) is 0 Å². The number of aromatic amines is 1. The Bertz CT molecular complexity index is 1450. The first-order chi connectivity index (χ1) is 18.0. The fraction of sp³-hybridized carbons (Fsp3) is 0.160. The fourth-order valence-electron chi connectivity index (χ4n) is 3.73. The van der Waals surface area contributed by atoms with Gasteiger partial charge in [0.1, 0.15) is 29.9 Å². The average Bonchev–Trinajstić information content (AvgIpc) is 3.46. The second-order valence-corrected chi connectivity index (χ2v) is 8.31. The van der Waals surface area contributed by atoms with Crippen LogP contribution in [0.15, 0.2) is 61.2 Å². The fourth-order valence-corrected chi connectivity index (χ4v) is 3.73. The molecule has 1 atom stereocenters. The maximum Gasteiger partial charge on any atom is 0.270 e. The molecule has 3 amide bonds. The van der Waals surface area contributed by atoms with Gasteiger partial charge in [0.2, 0.25) is 5.91 Å². The van der Waals surface area contributed by atoms with Crippen molar-refractivity contribution >= 4 is 29.2 Å². The van der Waals surface area contributed by atoms with E-state index in [-0.39, 0.29) is 36.5 Å². The first-order valence-electron chi connectivity index (χ1n) is 11.4. The minimum atomic E-state index is -0.468. The molecule has 1 aliphatic rings. The first-order valence-corrected chi connectivity index (χ1v) is 11.4. The number of hydrogen-bond donors (Lipinski definition) is 4. The van der Waals surface area contributed by atoms with E-state index in [9.17, 15) is 14.4 Å². The van der Waals surface area contributed by atoms with Crippen molar-refractivity contribution in [1.82, 2.24) is 30.5 Å². The predicted molar refractivity (Wildman–Crippen MR) is 133 cm³/mol. The van der Waals surface area contributed by atoms with Crippen LogP contribution in [0.4, 0.5) is 11.5 Å². The number of carbonyl (C=O) groups excluding carboxylic acids is 3. The van der Waals surface area contributed by atoms with Crippen molar-refractivity contribution in [2.75, 3.05) is 17.2 Å². The summed E-state index contributed by atoms with van der Waals surface area (Å²) in [5.74, 6) is 0.00639. The van der Waals surface area contributed by atoms with Gasteiger partial charge in [0.25, 0.3) is 11.8 Å². The number of aromatic nitrogens is 5. The van der Waals surface area contributed by atoms with Gasteiger partial charge in [-0.1, -0.05) is 30.3 Å². The Balaban J connectivity index is 1.19. The van der Waals surface area contributed by atoms with Crippen molar-refractivity contribution in [3.63, 3.8) is 0 Å². The number of H-pyrrole nitrogens is 1. The highest BCUT2D eigenvalue weighted by molar-refractivity contribution is 5.97. The van der Waals surface area contributed by atoms with Gasteiger partial charge >= 0.3 is 0 Å². The van der Waals surface area contributed by atoms with Crippen molar-refractivity contribution in [3.05, 3.63) is 78.0 Å². The van der Waals surface area contributed by atoms with Crippen molar-refractivity contribution in [3.8, 4) is 17.1 Å². The van der Waals surface area contributed by atoms with E-state index in [0.717, 1.165) is 16.7 Å². The van der Waals surface area contributed by atoms with Gasteiger partial charge in [0.05, 0.1) is 11.6 Å². The van der Waals surface area contributed by atoms with Gasteiger partial charge in [0, 0.05) is 18.2 Å². The number of benzene rings is 2. The molecule has 0 saturated heterocycles. The van der Waals surface area contributed by atoms with Gasteiger partial charge in [-0.05, 0) is 30.2 Å². The molecular weight excluding hydrogens is 476 g/mol. The standard InChI is InChI=1S/C25H22N8O4/c1-14(16-3-5-17(6-4-16)23-29-13-30-33-23)24(35)32-21-9-19(27-12-28-21)25(36)26-10-15-2-7-20-18(8-15)31-22(34)11-37-20/h2-9,12-14H,10-11H2,1H3,(H,26,36)(H,31,34)(H,29,30,33)(H,27,28,32,35)/t14-/m0/s1. The molecule has 5 rings (SSSR count). The van der Waals surface area contributed by atoms with E-state index in [0.29, 0.717) is 17.3 Å². The summed E-state index contributed by atoms with van der Waals surface area (Å²) in [5.41, 5.74) is 3.08. The molecule has 37 heavy (non-hydrogen) atoms. The zero-order valence-electron chi connectivity index (χ0n) is 19.7. The van der Waals surface area contributed by atoms with Gasteiger partial charge in [0.15, 0.2) is 12.4 Å². The number of ether oxygens (including phenoxy) is 1. The lowest BCUT2D eigenvalue weighted by Gasteiger charge is -2.18. The molecule has 0 saturated carbocycles. The third-order valence-corrected chi connectivity index (χ3v) is 5.78.